The number of para-hydroxylation sites is 1. The van der Waals surface area contributed by atoms with E-state index >= 15 is 0 Å². The van der Waals surface area contributed by atoms with Crippen LogP contribution in [0.2, 0.25) is 0 Å². The van der Waals surface area contributed by atoms with E-state index < -0.39 is 0 Å². The lowest BCUT2D eigenvalue weighted by Gasteiger charge is -2.13. The first-order chi connectivity index (χ1) is 13.1. The molecule has 1 heterocycles. The van der Waals surface area contributed by atoms with Crippen LogP contribution in [-0.4, -0.2) is 34.1 Å². The molecule has 27 heavy (non-hydrogen) atoms. The summed E-state index contributed by atoms with van der Waals surface area (Å²) < 4.78 is 6.67. The average Bonchev–Trinajstić information content (AvgIpc) is 2.68. The first-order valence-corrected chi connectivity index (χ1v) is 8.68. The third-order valence-electron chi connectivity index (χ3n) is 4.20. The summed E-state index contributed by atoms with van der Waals surface area (Å²) in [5.74, 6) is 0.579. The van der Waals surface area contributed by atoms with Crippen molar-refractivity contribution >= 4 is 22.6 Å². The molecule has 1 aromatic heterocycles. The topological polar surface area (TPSA) is 88.7 Å². The second-order valence-corrected chi connectivity index (χ2v) is 6.11. The molecule has 0 saturated heterocycles. The van der Waals surface area contributed by atoms with Crippen molar-refractivity contribution in [3.63, 3.8) is 0 Å². The van der Waals surface area contributed by atoms with Gasteiger partial charge in [0.25, 0.3) is 5.56 Å². The van der Waals surface area contributed by atoms with Gasteiger partial charge in [-0.05, 0) is 55.3 Å². The number of anilines is 1. The van der Waals surface area contributed by atoms with Gasteiger partial charge in [-0.1, -0.05) is 12.1 Å². The predicted molar refractivity (Wildman–Crippen MR) is 106 cm³/mol. The lowest BCUT2D eigenvalue weighted by molar-refractivity contribution is 0.190. The molecule has 0 unspecified atom stereocenters. The Bertz CT molecular complexity index is 1010. The molecule has 2 N–H and O–H groups in total. The number of hydrogen-bond acceptors (Lipinski definition) is 6. The number of benzene rings is 2. The zero-order chi connectivity index (χ0) is 19.2. The zero-order valence-electron chi connectivity index (χ0n) is 15.3. The molecule has 3 rings (SSSR count). The number of nitrogens with one attached hydrogen (secondary N) is 1. The molecule has 0 aliphatic carbocycles. The van der Waals surface area contributed by atoms with Crippen LogP contribution in [0.4, 0.5) is 5.95 Å². The van der Waals surface area contributed by atoms with Crippen LogP contribution < -0.4 is 11.0 Å². The molecule has 7 heteroatoms. The number of ether oxygens (including phenoxy) is 1. The van der Waals surface area contributed by atoms with E-state index in [2.05, 4.69) is 15.5 Å². The summed E-state index contributed by atoms with van der Waals surface area (Å²) in [5.41, 5.74) is 4.99. The fourth-order valence-corrected chi connectivity index (χ4v) is 2.73. The molecule has 0 fully saturated rings. The van der Waals surface area contributed by atoms with Crippen molar-refractivity contribution in [2.45, 2.75) is 19.9 Å². The highest BCUT2D eigenvalue weighted by Gasteiger charge is 2.10. The van der Waals surface area contributed by atoms with Gasteiger partial charge in [-0.25, -0.2) is 10.4 Å². The number of phenols is 1. The Morgan fingerprint density at radius 2 is 1.96 bits per heavy atom. The molecule has 140 valence electrons. The standard InChI is InChI=1S/C20H22N4O3/c1-14(15-8-10-16(25)11-9-15)22-23-20-21-18-7-4-3-6-17(18)19(26)24(20)12-5-13-27-2/h3-4,6-11,25H,5,12-13H2,1-2H3,(H,21,23)/b22-14+. The molecule has 7 nitrogen and oxygen atoms in total. The van der Waals surface area contributed by atoms with Crippen LogP contribution in [0.3, 0.4) is 0 Å². The normalized spacial score (nSPS) is 11.7. The number of methoxy groups -OCH3 is 1. The van der Waals surface area contributed by atoms with E-state index in [1.54, 1.807) is 48.1 Å². The second-order valence-electron chi connectivity index (χ2n) is 6.11. The highest BCUT2D eigenvalue weighted by molar-refractivity contribution is 5.99. The summed E-state index contributed by atoms with van der Waals surface area (Å²) in [6.07, 6.45) is 0.686. The first-order valence-electron chi connectivity index (χ1n) is 8.68. The monoisotopic (exact) mass is 366 g/mol. The fourth-order valence-electron chi connectivity index (χ4n) is 2.73. The lowest BCUT2D eigenvalue weighted by atomic mass is 10.1. The Balaban J connectivity index is 1.96. The Morgan fingerprint density at radius 1 is 1.22 bits per heavy atom. The second kappa shape index (κ2) is 8.46. The van der Waals surface area contributed by atoms with E-state index in [0.717, 1.165) is 5.56 Å². The van der Waals surface area contributed by atoms with Crippen molar-refractivity contribution in [2.24, 2.45) is 5.10 Å². The molecular formula is C20H22N4O3. The molecule has 3 aromatic rings. The van der Waals surface area contributed by atoms with E-state index in [-0.39, 0.29) is 11.3 Å². The van der Waals surface area contributed by atoms with Gasteiger partial charge < -0.3 is 9.84 Å². The Hall–Kier alpha value is -3.19. The Morgan fingerprint density at radius 3 is 2.70 bits per heavy atom. The van der Waals surface area contributed by atoms with Gasteiger partial charge >= 0.3 is 0 Å². The van der Waals surface area contributed by atoms with Crippen LogP contribution in [0.25, 0.3) is 10.9 Å². The summed E-state index contributed by atoms with van der Waals surface area (Å²) in [7, 11) is 1.63. The van der Waals surface area contributed by atoms with Gasteiger partial charge in [0.15, 0.2) is 0 Å². The van der Waals surface area contributed by atoms with Gasteiger partial charge in [-0.2, -0.15) is 5.10 Å². The van der Waals surface area contributed by atoms with Crippen LogP contribution in [0.5, 0.6) is 5.75 Å². The molecule has 0 saturated carbocycles. The molecule has 0 amide bonds. The molecule has 0 spiro atoms. The number of aromatic nitrogens is 2. The van der Waals surface area contributed by atoms with Crippen molar-refractivity contribution in [3.8, 4) is 5.75 Å². The summed E-state index contributed by atoms with van der Waals surface area (Å²) in [5, 5.41) is 14.3. The summed E-state index contributed by atoms with van der Waals surface area (Å²) >= 11 is 0. The summed E-state index contributed by atoms with van der Waals surface area (Å²) in [4.78, 5) is 17.4. The van der Waals surface area contributed by atoms with Crippen molar-refractivity contribution in [2.75, 3.05) is 19.1 Å². The third-order valence-corrected chi connectivity index (χ3v) is 4.20. The predicted octanol–water partition coefficient (Wildman–Crippen LogP) is 2.97. The average molecular weight is 366 g/mol. The molecule has 0 aliphatic heterocycles. The van der Waals surface area contributed by atoms with Gasteiger partial charge in [0.2, 0.25) is 5.95 Å². The first kappa shape index (κ1) is 18.6. The highest BCUT2D eigenvalue weighted by Crippen LogP contribution is 2.13. The third kappa shape index (κ3) is 4.32. The van der Waals surface area contributed by atoms with E-state index in [1.165, 1.54) is 0 Å². The number of rotatable bonds is 7. The maximum absolute atomic E-state index is 12.9. The van der Waals surface area contributed by atoms with Crippen molar-refractivity contribution in [1.29, 1.82) is 0 Å². The molecular weight excluding hydrogens is 344 g/mol. The van der Waals surface area contributed by atoms with E-state index in [0.29, 0.717) is 42.1 Å². The van der Waals surface area contributed by atoms with Gasteiger partial charge in [-0.15, -0.1) is 0 Å². The van der Waals surface area contributed by atoms with E-state index in [9.17, 15) is 9.90 Å². The lowest BCUT2D eigenvalue weighted by Crippen LogP contribution is -2.25. The highest BCUT2D eigenvalue weighted by atomic mass is 16.5. The number of phenolic OH excluding ortho intramolecular Hbond substituents is 1. The summed E-state index contributed by atoms with van der Waals surface area (Å²) in [6.45, 7) is 2.86. The maximum atomic E-state index is 12.9. The molecule has 0 radical (unpaired) electrons. The van der Waals surface area contributed by atoms with E-state index in [1.807, 2.05) is 19.1 Å². The van der Waals surface area contributed by atoms with Crippen LogP contribution in [0, 0.1) is 0 Å². The minimum absolute atomic E-state index is 0.114. The van der Waals surface area contributed by atoms with Crippen LogP contribution >= 0.6 is 0 Å². The number of hydrazone groups is 1. The van der Waals surface area contributed by atoms with Crippen LogP contribution in [0.1, 0.15) is 18.9 Å². The summed E-state index contributed by atoms with van der Waals surface area (Å²) in [6, 6.07) is 14.0. The molecule has 0 aliphatic rings. The SMILES string of the molecule is COCCCn1c(N/N=C(\C)c2ccc(O)cc2)nc2ccccc2c1=O. The fraction of sp³-hybridized carbons (Fsp3) is 0.250. The smallest absolute Gasteiger partial charge is 0.262 e. The number of aromatic hydroxyl groups is 1. The van der Waals surface area contributed by atoms with Crippen molar-refractivity contribution in [1.82, 2.24) is 9.55 Å². The van der Waals surface area contributed by atoms with Crippen molar-refractivity contribution < 1.29 is 9.84 Å². The quantitative estimate of drug-likeness (QED) is 0.381. The van der Waals surface area contributed by atoms with Gasteiger partial charge in [0.1, 0.15) is 5.75 Å². The Kier molecular flexibility index (Phi) is 5.83. The van der Waals surface area contributed by atoms with Crippen molar-refractivity contribution in [3.05, 3.63) is 64.4 Å². The van der Waals surface area contributed by atoms with Gasteiger partial charge in [-0.3, -0.25) is 9.36 Å². The number of fused-ring (bicyclic) bond motifs is 1. The minimum Gasteiger partial charge on any atom is -0.508 e. The molecule has 2 aromatic carbocycles. The largest absolute Gasteiger partial charge is 0.508 e. The minimum atomic E-state index is -0.114. The Labute approximate surface area is 156 Å². The number of hydrogen-bond donors (Lipinski definition) is 2. The van der Waals surface area contributed by atoms with Gasteiger partial charge in [0.05, 0.1) is 16.6 Å². The zero-order valence-corrected chi connectivity index (χ0v) is 15.3. The van der Waals surface area contributed by atoms with Gasteiger partial charge in [0, 0.05) is 20.3 Å². The maximum Gasteiger partial charge on any atom is 0.262 e. The van der Waals surface area contributed by atoms with Crippen LogP contribution in [-0.2, 0) is 11.3 Å². The number of nitrogens with zero attached hydrogens (tertiary/aromatic N) is 3. The van der Waals surface area contributed by atoms with Crippen LogP contribution in [0.15, 0.2) is 58.4 Å². The molecule has 0 atom stereocenters. The van der Waals surface area contributed by atoms with E-state index in [4.69, 9.17) is 4.74 Å². The molecule has 0 bridgehead atoms.